The number of anilines is 1. The zero-order valence-corrected chi connectivity index (χ0v) is 14.8. The first-order valence-electron chi connectivity index (χ1n) is 8.01. The van der Waals surface area contributed by atoms with Gasteiger partial charge in [0.1, 0.15) is 0 Å². The van der Waals surface area contributed by atoms with Crippen LogP contribution < -0.4 is 20.5 Å². The number of phenols is 1. The van der Waals surface area contributed by atoms with Gasteiger partial charge in [-0.2, -0.15) is 5.10 Å². The summed E-state index contributed by atoms with van der Waals surface area (Å²) in [7, 11) is 2.88. The molecule has 8 heteroatoms. The number of aromatic amines is 1. The lowest BCUT2D eigenvalue weighted by molar-refractivity contribution is 0.340. The molecule has 0 saturated carbocycles. The van der Waals surface area contributed by atoms with Crippen LogP contribution in [0.3, 0.4) is 0 Å². The lowest BCUT2D eigenvalue weighted by Gasteiger charge is -2.09. The molecule has 0 aliphatic carbocycles. The van der Waals surface area contributed by atoms with Gasteiger partial charge in [-0.3, -0.25) is 9.78 Å². The van der Waals surface area contributed by atoms with E-state index in [9.17, 15) is 9.90 Å². The van der Waals surface area contributed by atoms with Gasteiger partial charge in [0.25, 0.3) is 5.56 Å². The van der Waals surface area contributed by atoms with Crippen molar-refractivity contribution in [1.82, 2.24) is 9.97 Å². The van der Waals surface area contributed by atoms with Gasteiger partial charge in [-0.1, -0.05) is 30.3 Å². The van der Waals surface area contributed by atoms with Crippen LogP contribution in [0, 0.1) is 0 Å². The average molecular weight is 366 g/mol. The van der Waals surface area contributed by atoms with Gasteiger partial charge >= 0.3 is 0 Å². The van der Waals surface area contributed by atoms with Crippen molar-refractivity contribution in [3.05, 3.63) is 64.4 Å². The Hall–Kier alpha value is -3.81. The molecule has 8 nitrogen and oxygen atoms in total. The molecule has 0 saturated heterocycles. The van der Waals surface area contributed by atoms with Crippen LogP contribution in [0.4, 0.5) is 5.95 Å². The predicted molar refractivity (Wildman–Crippen MR) is 103 cm³/mol. The van der Waals surface area contributed by atoms with Crippen molar-refractivity contribution < 1.29 is 14.6 Å². The first-order chi connectivity index (χ1) is 13.1. The highest BCUT2D eigenvalue weighted by Gasteiger charge is 2.10. The Morgan fingerprint density at radius 1 is 1.11 bits per heavy atom. The van der Waals surface area contributed by atoms with Crippen molar-refractivity contribution in [3.8, 4) is 28.5 Å². The maximum atomic E-state index is 11.9. The number of H-pyrrole nitrogens is 1. The molecular formula is C19H18N4O4. The van der Waals surface area contributed by atoms with E-state index in [0.717, 1.165) is 5.56 Å². The molecule has 0 spiro atoms. The summed E-state index contributed by atoms with van der Waals surface area (Å²) in [6.45, 7) is 0. The molecule has 27 heavy (non-hydrogen) atoms. The Balaban J connectivity index is 1.83. The molecular weight excluding hydrogens is 348 g/mol. The third kappa shape index (κ3) is 4.24. The third-order valence-electron chi connectivity index (χ3n) is 3.70. The summed E-state index contributed by atoms with van der Waals surface area (Å²) in [5.74, 6) is 0.629. The smallest absolute Gasteiger partial charge is 0.252 e. The van der Waals surface area contributed by atoms with E-state index >= 15 is 0 Å². The van der Waals surface area contributed by atoms with Crippen LogP contribution in [0.15, 0.2) is 58.4 Å². The summed E-state index contributed by atoms with van der Waals surface area (Å²) < 4.78 is 10.2. The summed E-state index contributed by atoms with van der Waals surface area (Å²) in [5, 5.41) is 14.0. The number of aromatic nitrogens is 2. The number of hydrogen-bond acceptors (Lipinski definition) is 7. The monoisotopic (exact) mass is 366 g/mol. The molecule has 3 rings (SSSR count). The van der Waals surface area contributed by atoms with Crippen LogP contribution in [0.2, 0.25) is 0 Å². The molecule has 0 atom stereocenters. The zero-order chi connectivity index (χ0) is 19.2. The van der Waals surface area contributed by atoms with Crippen molar-refractivity contribution in [2.75, 3.05) is 19.6 Å². The summed E-state index contributed by atoms with van der Waals surface area (Å²) >= 11 is 0. The van der Waals surface area contributed by atoms with Gasteiger partial charge in [0, 0.05) is 17.2 Å². The SMILES string of the molecule is COc1cc(/C=N\Nc2nc(-c3ccccc3)cc(=O)[nH]2)cc(OC)c1O. The van der Waals surface area contributed by atoms with Crippen molar-refractivity contribution in [2.45, 2.75) is 0 Å². The molecule has 1 heterocycles. The third-order valence-corrected chi connectivity index (χ3v) is 3.70. The standard InChI is InChI=1S/C19H18N4O4/c1-26-15-8-12(9-16(27-2)18(15)25)11-20-23-19-21-14(10-17(24)22-19)13-6-4-3-5-7-13/h3-11,25H,1-2H3,(H2,21,22,23,24)/b20-11-. The number of hydrazone groups is 1. The van der Waals surface area contributed by atoms with Gasteiger partial charge < -0.3 is 14.6 Å². The molecule has 0 bridgehead atoms. The molecule has 3 N–H and O–H groups in total. The predicted octanol–water partition coefficient (Wildman–Crippen LogP) is 2.61. The van der Waals surface area contributed by atoms with Crippen LogP contribution in [0.1, 0.15) is 5.56 Å². The molecule has 0 radical (unpaired) electrons. The zero-order valence-electron chi connectivity index (χ0n) is 14.8. The topological polar surface area (TPSA) is 109 Å². The van der Waals surface area contributed by atoms with Gasteiger partial charge in [-0.05, 0) is 12.1 Å². The van der Waals surface area contributed by atoms with Gasteiger partial charge in [0.15, 0.2) is 11.5 Å². The second-order valence-corrected chi connectivity index (χ2v) is 5.49. The molecule has 0 aliphatic rings. The van der Waals surface area contributed by atoms with Crippen LogP contribution >= 0.6 is 0 Å². The highest BCUT2D eigenvalue weighted by atomic mass is 16.5. The Morgan fingerprint density at radius 2 is 1.78 bits per heavy atom. The summed E-state index contributed by atoms with van der Waals surface area (Å²) in [5.41, 5.74) is 4.37. The number of phenolic OH excluding ortho intramolecular Hbond substituents is 1. The number of rotatable bonds is 6. The van der Waals surface area contributed by atoms with E-state index in [1.54, 1.807) is 12.1 Å². The minimum Gasteiger partial charge on any atom is -0.502 e. The molecule has 0 fully saturated rings. The number of benzene rings is 2. The molecule has 0 aliphatic heterocycles. The van der Waals surface area contributed by atoms with E-state index in [4.69, 9.17) is 9.47 Å². The van der Waals surface area contributed by atoms with Crippen molar-refractivity contribution in [2.24, 2.45) is 5.10 Å². The van der Waals surface area contributed by atoms with E-state index in [1.165, 1.54) is 26.5 Å². The van der Waals surface area contributed by atoms with Crippen LogP contribution in [0.25, 0.3) is 11.3 Å². The minimum absolute atomic E-state index is 0.0910. The maximum absolute atomic E-state index is 11.9. The Kier molecular flexibility index (Phi) is 5.36. The molecule has 1 aromatic heterocycles. The number of hydrogen-bond donors (Lipinski definition) is 3. The fourth-order valence-corrected chi connectivity index (χ4v) is 2.42. The fraction of sp³-hybridized carbons (Fsp3) is 0.105. The summed E-state index contributed by atoms with van der Waals surface area (Å²) in [6, 6.07) is 14.0. The highest BCUT2D eigenvalue weighted by Crippen LogP contribution is 2.36. The van der Waals surface area contributed by atoms with Gasteiger partial charge in [-0.25, -0.2) is 10.4 Å². The fourth-order valence-electron chi connectivity index (χ4n) is 2.42. The van der Waals surface area contributed by atoms with E-state index in [-0.39, 0.29) is 28.8 Å². The highest BCUT2D eigenvalue weighted by molar-refractivity contribution is 5.82. The van der Waals surface area contributed by atoms with E-state index in [2.05, 4.69) is 20.5 Å². The van der Waals surface area contributed by atoms with E-state index in [0.29, 0.717) is 11.3 Å². The first kappa shape index (κ1) is 18.0. The number of ether oxygens (including phenoxy) is 2. The van der Waals surface area contributed by atoms with Crippen molar-refractivity contribution in [1.29, 1.82) is 0 Å². The minimum atomic E-state index is -0.297. The Morgan fingerprint density at radius 3 is 2.41 bits per heavy atom. The number of nitrogens with zero attached hydrogens (tertiary/aromatic N) is 2. The molecule has 138 valence electrons. The van der Waals surface area contributed by atoms with Gasteiger partial charge in [0.2, 0.25) is 11.7 Å². The lowest BCUT2D eigenvalue weighted by Crippen LogP contribution is -2.10. The van der Waals surface area contributed by atoms with Crippen LogP contribution in [0.5, 0.6) is 17.2 Å². The van der Waals surface area contributed by atoms with Crippen molar-refractivity contribution >= 4 is 12.2 Å². The second-order valence-electron chi connectivity index (χ2n) is 5.49. The average Bonchev–Trinajstić information content (AvgIpc) is 2.69. The largest absolute Gasteiger partial charge is 0.502 e. The molecule has 2 aromatic carbocycles. The molecule has 0 unspecified atom stereocenters. The number of aromatic hydroxyl groups is 1. The van der Waals surface area contributed by atoms with E-state index < -0.39 is 0 Å². The normalized spacial score (nSPS) is 10.7. The van der Waals surface area contributed by atoms with Gasteiger partial charge in [-0.15, -0.1) is 0 Å². The van der Waals surface area contributed by atoms with Crippen LogP contribution in [-0.2, 0) is 0 Å². The summed E-state index contributed by atoms with van der Waals surface area (Å²) in [4.78, 5) is 18.8. The Labute approximate surface area is 155 Å². The first-order valence-corrected chi connectivity index (χ1v) is 8.01. The van der Waals surface area contributed by atoms with Gasteiger partial charge in [0.05, 0.1) is 26.1 Å². The second kappa shape index (κ2) is 8.05. The number of nitrogens with one attached hydrogen (secondary N) is 2. The summed E-state index contributed by atoms with van der Waals surface area (Å²) in [6.07, 6.45) is 1.49. The quantitative estimate of drug-likeness (QED) is 0.457. The maximum Gasteiger partial charge on any atom is 0.252 e. The number of methoxy groups -OCH3 is 2. The Bertz CT molecular complexity index is 991. The lowest BCUT2D eigenvalue weighted by atomic mass is 10.1. The van der Waals surface area contributed by atoms with Crippen LogP contribution in [-0.4, -0.2) is 35.5 Å². The van der Waals surface area contributed by atoms with Crippen molar-refractivity contribution in [3.63, 3.8) is 0 Å². The molecule has 3 aromatic rings. The molecule has 0 amide bonds. The van der Waals surface area contributed by atoms with E-state index in [1.807, 2.05) is 30.3 Å².